The van der Waals surface area contributed by atoms with Crippen molar-refractivity contribution >= 4 is 0 Å². The Balaban J connectivity index is 2.15. The smallest absolute Gasteiger partial charge is 0.0467 e. The van der Waals surface area contributed by atoms with E-state index in [4.69, 9.17) is 4.74 Å². The number of rotatable bonds is 4. The van der Waals surface area contributed by atoms with Crippen LogP contribution in [0.2, 0.25) is 0 Å². The first-order valence-corrected chi connectivity index (χ1v) is 4.69. The van der Waals surface area contributed by atoms with Gasteiger partial charge in [0.15, 0.2) is 0 Å². The minimum Gasteiger partial charge on any atom is -0.385 e. The lowest BCUT2D eigenvalue weighted by molar-refractivity contribution is 0.0334. The molecule has 0 aromatic carbocycles. The first-order chi connectivity index (χ1) is 5.20. The average molecular weight is 156 g/mol. The van der Waals surface area contributed by atoms with Gasteiger partial charge in [0.05, 0.1) is 0 Å². The third kappa shape index (κ3) is 2.19. The van der Waals surface area contributed by atoms with Crippen LogP contribution in [0, 0.1) is 11.3 Å². The highest BCUT2D eigenvalue weighted by Crippen LogP contribution is 2.48. The molecule has 0 saturated heterocycles. The molecule has 0 radical (unpaired) electrons. The van der Waals surface area contributed by atoms with Gasteiger partial charge in [0, 0.05) is 13.7 Å². The van der Waals surface area contributed by atoms with Gasteiger partial charge in [-0.15, -0.1) is 0 Å². The van der Waals surface area contributed by atoms with Crippen LogP contribution in [0.25, 0.3) is 0 Å². The molecule has 0 unspecified atom stereocenters. The molecule has 0 atom stereocenters. The van der Waals surface area contributed by atoms with Crippen LogP contribution in [0.3, 0.4) is 0 Å². The number of ether oxygens (including phenoxy) is 1. The van der Waals surface area contributed by atoms with E-state index >= 15 is 0 Å². The van der Waals surface area contributed by atoms with Crippen molar-refractivity contribution in [3.05, 3.63) is 0 Å². The first kappa shape index (κ1) is 9.05. The fourth-order valence-corrected chi connectivity index (χ4v) is 2.18. The van der Waals surface area contributed by atoms with E-state index in [1.54, 1.807) is 7.11 Å². The first-order valence-electron chi connectivity index (χ1n) is 4.69. The van der Waals surface area contributed by atoms with E-state index in [0.29, 0.717) is 5.41 Å². The lowest BCUT2D eigenvalue weighted by atomic mass is 9.61. The van der Waals surface area contributed by atoms with Crippen molar-refractivity contribution in [3.8, 4) is 0 Å². The van der Waals surface area contributed by atoms with Gasteiger partial charge >= 0.3 is 0 Å². The minimum absolute atomic E-state index is 0.622. The zero-order chi connectivity index (χ0) is 8.32. The predicted octanol–water partition coefficient (Wildman–Crippen LogP) is 2.85. The van der Waals surface area contributed by atoms with Crippen molar-refractivity contribution in [2.45, 2.75) is 39.5 Å². The van der Waals surface area contributed by atoms with Crippen LogP contribution in [0.15, 0.2) is 0 Å². The minimum atomic E-state index is 0.622. The van der Waals surface area contributed by atoms with Gasteiger partial charge < -0.3 is 4.74 Å². The molecule has 1 heteroatoms. The molecule has 0 amide bonds. The fourth-order valence-electron chi connectivity index (χ4n) is 2.18. The maximum atomic E-state index is 5.08. The van der Waals surface area contributed by atoms with Gasteiger partial charge in [-0.25, -0.2) is 0 Å². The molecular weight excluding hydrogens is 136 g/mol. The highest BCUT2D eigenvalue weighted by atomic mass is 16.5. The molecule has 1 nitrogen and oxygen atoms in total. The van der Waals surface area contributed by atoms with Gasteiger partial charge in [0.2, 0.25) is 0 Å². The summed E-state index contributed by atoms with van der Waals surface area (Å²) in [5.41, 5.74) is 0.622. The maximum Gasteiger partial charge on any atom is 0.0467 e. The highest BCUT2D eigenvalue weighted by molar-refractivity contribution is 4.89. The molecule has 11 heavy (non-hydrogen) atoms. The van der Waals surface area contributed by atoms with Crippen LogP contribution >= 0.6 is 0 Å². The Kier molecular flexibility index (Phi) is 2.94. The number of methoxy groups -OCH3 is 1. The van der Waals surface area contributed by atoms with Gasteiger partial charge in [0.1, 0.15) is 0 Å². The number of hydrogen-bond acceptors (Lipinski definition) is 1. The van der Waals surface area contributed by atoms with Crippen LogP contribution in [0.5, 0.6) is 0 Å². The molecule has 1 rings (SSSR count). The number of hydrogen-bond donors (Lipinski definition) is 0. The molecule has 1 saturated carbocycles. The SMILES string of the molecule is CCC1CC(C)(CCOC)C1. The quantitative estimate of drug-likeness (QED) is 0.608. The molecule has 1 aliphatic rings. The predicted molar refractivity (Wildman–Crippen MR) is 47.6 cm³/mol. The molecule has 0 bridgehead atoms. The van der Waals surface area contributed by atoms with E-state index in [1.807, 2.05) is 0 Å². The van der Waals surface area contributed by atoms with E-state index in [2.05, 4.69) is 13.8 Å². The molecule has 0 aliphatic heterocycles. The van der Waals surface area contributed by atoms with E-state index in [0.717, 1.165) is 12.5 Å². The summed E-state index contributed by atoms with van der Waals surface area (Å²) in [5.74, 6) is 1.01. The van der Waals surface area contributed by atoms with Crippen LogP contribution in [0.4, 0.5) is 0 Å². The molecule has 66 valence electrons. The fraction of sp³-hybridized carbons (Fsp3) is 1.00. The second-order valence-corrected chi connectivity index (χ2v) is 4.24. The maximum absolute atomic E-state index is 5.08. The van der Waals surface area contributed by atoms with E-state index in [9.17, 15) is 0 Å². The van der Waals surface area contributed by atoms with Crippen LogP contribution in [-0.2, 0) is 4.74 Å². The van der Waals surface area contributed by atoms with Gasteiger partial charge in [0.25, 0.3) is 0 Å². The normalized spacial score (nSPS) is 36.8. The van der Waals surface area contributed by atoms with Gasteiger partial charge in [-0.05, 0) is 30.6 Å². The third-order valence-electron chi connectivity index (χ3n) is 3.05. The molecule has 0 N–H and O–H groups in total. The summed E-state index contributed by atoms with van der Waals surface area (Å²) >= 11 is 0. The molecule has 0 aromatic rings. The van der Waals surface area contributed by atoms with Gasteiger partial charge in [-0.2, -0.15) is 0 Å². The molecule has 1 aliphatic carbocycles. The Morgan fingerprint density at radius 2 is 2.09 bits per heavy atom. The standard InChI is InChI=1S/C10H20O/c1-4-9-7-10(2,8-9)5-6-11-3/h9H,4-8H2,1-3H3. The largest absolute Gasteiger partial charge is 0.385 e. The van der Waals surface area contributed by atoms with Crippen molar-refractivity contribution in [3.63, 3.8) is 0 Å². The van der Waals surface area contributed by atoms with Crippen molar-refractivity contribution in [2.24, 2.45) is 11.3 Å². The second-order valence-electron chi connectivity index (χ2n) is 4.24. The molecule has 0 heterocycles. The summed E-state index contributed by atoms with van der Waals surface area (Å²) in [6, 6.07) is 0. The van der Waals surface area contributed by atoms with E-state index in [1.165, 1.54) is 25.7 Å². The summed E-state index contributed by atoms with van der Waals surface area (Å²) in [6.07, 6.45) is 5.46. The second kappa shape index (κ2) is 3.57. The lowest BCUT2D eigenvalue weighted by Gasteiger charge is -2.45. The van der Waals surface area contributed by atoms with Crippen molar-refractivity contribution < 1.29 is 4.74 Å². The Morgan fingerprint density at radius 1 is 1.45 bits per heavy atom. The summed E-state index contributed by atoms with van der Waals surface area (Å²) in [5, 5.41) is 0. The van der Waals surface area contributed by atoms with Gasteiger partial charge in [-0.3, -0.25) is 0 Å². The summed E-state index contributed by atoms with van der Waals surface area (Å²) in [6.45, 7) is 5.62. The van der Waals surface area contributed by atoms with E-state index in [-0.39, 0.29) is 0 Å². The Labute approximate surface area is 70.1 Å². The lowest BCUT2D eigenvalue weighted by Crippen LogP contribution is -2.35. The van der Waals surface area contributed by atoms with Crippen LogP contribution < -0.4 is 0 Å². The van der Waals surface area contributed by atoms with Crippen LogP contribution in [0.1, 0.15) is 39.5 Å². The van der Waals surface area contributed by atoms with Crippen molar-refractivity contribution in [1.29, 1.82) is 0 Å². The Bertz CT molecular complexity index is 109. The van der Waals surface area contributed by atoms with Gasteiger partial charge in [-0.1, -0.05) is 20.3 Å². The monoisotopic (exact) mass is 156 g/mol. The third-order valence-corrected chi connectivity index (χ3v) is 3.05. The summed E-state index contributed by atoms with van der Waals surface area (Å²) in [4.78, 5) is 0. The van der Waals surface area contributed by atoms with Crippen molar-refractivity contribution in [1.82, 2.24) is 0 Å². The van der Waals surface area contributed by atoms with E-state index < -0.39 is 0 Å². The zero-order valence-corrected chi connectivity index (χ0v) is 8.02. The molecule has 0 spiro atoms. The zero-order valence-electron chi connectivity index (χ0n) is 8.02. The van der Waals surface area contributed by atoms with Crippen LogP contribution in [-0.4, -0.2) is 13.7 Å². The molecule has 0 aromatic heterocycles. The summed E-state index contributed by atoms with van der Waals surface area (Å²) < 4.78 is 5.08. The summed E-state index contributed by atoms with van der Waals surface area (Å²) in [7, 11) is 1.79. The highest BCUT2D eigenvalue weighted by Gasteiger charge is 2.38. The Hall–Kier alpha value is -0.0400. The topological polar surface area (TPSA) is 9.23 Å². The average Bonchev–Trinajstić information content (AvgIpc) is 1.95. The van der Waals surface area contributed by atoms with Crippen molar-refractivity contribution in [2.75, 3.05) is 13.7 Å². The Morgan fingerprint density at radius 3 is 2.55 bits per heavy atom. The molecule has 1 fully saturated rings. The molecular formula is C10H20O.